The first-order chi connectivity index (χ1) is 10.0. The summed E-state index contributed by atoms with van der Waals surface area (Å²) in [5.41, 5.74) is 8.18. The first-order valence-corrected chi connectivity index (χ1v) is 8.16. The van der Waals surface area contributed by atoms with Crippen molar-refractivity contribution < 1.29 is 0 Å². The van der Waals surface area contributed by atoms with Crippen molar-refractivity contribution >= 4 is 39.1 Å². The molecule has 0 spiro atoms. The average Bonchev–Trinajstić information content (AvgIpc) is 2.44. The Morgan fingerprint density at radius 1 is 1.14 bits per heavy atom. The van der Waals surface area contributed by atoms with E-state index in [1.165, 1.54) is 5.56 Å². The Bertz CT molecular complexity index is 602. The minimum atomic E-state index is 0.0541. The predicted octanol–water partition coefficient (Wildman–Crippen LogP) is 4.89. The number of benzene rings is 2. The lowest BCUT2D eigenvalue weighted by molar-refractivity contribution is 0.242. The first kappa shape index (κ1) is 16.8. The smallest absolute Gasteiger partial charge is 0.0485 e. The maximum absolute atomic E-state index is 6.30. The average molecular weight is 388 g/mol. The summed E-state index contributed by atoms with van der Waals surface area (Å²) in [5, 5.41) is 1.29. The zero-order valence-electron chi connectivity index (χ0n) is 11.7. The molecule has 0 aliphatic carbocycles. The molecule has 1 unspecified atom stereocenters. The molecule has 0 aliphatic rings. The molecule has 0 fully saturated rings. The second-order valence-electron chi connectivity index (χ2n) is 4.96. The number of likely N-dealkylation sites (N-methyl/N-ethyl adjacent to an activating group) is 1. The molecule has 2 rings (SSSR count). The van der Waals surface area contributed by atoms with Gasteiger partial charge < -0.3 is 5.73 Å². The summed E-state index contributed by atoms with van der Waals surface area (Å²) >= 11 is 15.7. The van der Waals surface area contributed by atoms with Gasteiger partial charge in [-0.25, -0.2) is 0 Å². The summed E-state index contributed by atoms with van der Waals surface area (Å²) in [6.45, 7) is 1.29. The third kappa shape index (κ3) is 4.44. The molecule has 0 heterocycles. The summed E-state index contributed by atoms with van der Waals surface area (Å²) in [6, 6.07) is 13.9. The van der Waals surface area contributed by atoms with E-state index in [0.29, 0.717) is 16.6 Å². The van der Waals surface area contributed by atoms with Crippen LogP contribution < -0.4 is 5.73 Å². The van der Waals surface area contributed by atoms with Gasteiger partial charge in [-0.3, -0.25) is 4.90 Å². The highest BCUT2D eigenvalue weighted by molar-refractivity contribution is 9.10. The molecule has 0 radical (unpaired) electrons. The van der Waals surface area contributed by atoms with Gasteiger partial charge in [-0.05, 0) is 42.4 Å². The van der Waals surface area contributed by atoms with E-state index in [9.17, 15) is 0 Å². The van der Waals surface area contributed by atoms with Gasteiger partial charge in [0.15, 0.2) is 0 Å². The van der Waals surface area contributed by atoms with Crippen LogP contribution in [0.3, 0.4) is 0 Å². The van der Waals surface area contributed by atoms with Crippen molar-refractivity contribution in [1.29, 1.82) is 0 Å². The van der Waals surface area contributed by atoms with Crippen molar-refractivity contribution in [3.05, 3.63) is 68.1 Å². The highest BCUT2D eigenvalue weighted by Crippen LogP contribution is 2.29. The van der Waals surface area contributed by atoms with Crippen LogP contribution in [-0.4, -0.2) is 18.5 Å². The van der Waals surface area contributed by atoms with Crippen molar-refractivity contribution in [3.63, 3.8) is 0 Å². The lowest BCUT2D eigenvalue weighted by Gasteiger charge is -2.28. The molecule has 5 heteroatoms. The number of rotatable bonds is 5. The van der Waals surface area contributed by atoms with Crippen LogP contribution in [0.2, 0.25) is 10.0 Å². The Balaban J connectivity index is 2.18. The van der Waals surface area contributed by atoms with Crippen molar-refractivity contribution in [2.24, 2.45) is 5.73 Å². The fourth-order valence-corrected chi connectivity index (χ4v) is 3.10. The van der Waals surface area contributed by atoms with Gasteiger partial charge in [-0.1, -0.05) is 57.3 Å². The fraction of sp³-hybridized carbons (Fsp3) is 0.250. The summed E-state index contributed by atoms with van der Waals surface area (Å²) < 4.78 is 1.07. The molecule has 0 bridgehead atoms. The van der Waals surface area contributed by atoms with Crippen LogP contribution in [0.15, 0.2) is 46.9 Å². The number of nitrogens with zero attached hydrogens (tertiary/aromatic N) is 1. The van der Waals surface area contributed by atoms with E-state index in [1.54, 1.807) is 6.07 Å². The largest absolute Gasteiger partial charge is 0.329 e. The molecule has 21 heavy (non-hydrogen) atoms. The Morgan fingerprint density at radius 3 is 2.38 bits per heavy atom. The number of hydrogen-bond donors (Lipinski definition) is 1. The topological polar surface area (TPSA) is 29.3 Å². The van der Waals surface area contributed by atoms with Crippen LogP contribution in [0.25, 0.3) is 0 Å². The number of nitrogens with two attached hydrogens (primary N) is 1. The molecule has 0 amide bonds. The van der Waals surface area contributed by atoms with Crippen LogP contribution in [0, 0.1) is 0 Å². The van der Waals surface area contributed by atoms with Crippen LogP contribution in [0.5, 0.6) is 0 Å². The van der Waals surface area contributed by atoms with Gasteiger partial charge in [0.25, 0.3) is 0 Å². The molecule has 2 N–H and O–H groups in total. The summed E-state index contributed by atoms with van der Waals surface area (Å²) in [5.74, 6) is 0. The van der Waals surface area contributed by atoms with E-state index >= 15 is 0 Å². The van der Waals surface area contributed by atoms with Gasteiger partial charge in [0, 0.05) is 33.6 Å². The van der Waals surface area contributed by atoms with Crippen LogP contribution in [0.4, 0.5) is 0 Å². The molecule has 0 aromatic heterocycles. The summed E-state index contributed by atoms with van der Waals surface area (Å²) in [6.07, 6.45) is 0. The molecular formula is C16H17BrCl2N2. The van der Waals surface area contributed by atoms with E-state index in [0.717, 1.165) is 16.6 Å². The van der Waals surface area contributed by atoms with Gasteiger partial charge in [0.2, 0.25) is 0 Å². The minimum Gasteiger partial charge on any atom is -0.329 e. The van der Waals surface area contributed by atoms with E-state index in [2.05, 4.69) is 33.0 Å². The molecular weight excluding hydrogens is 371 g/mol. The second kappa shape index (κ2) is 7.61. The quantitative estimate of drug-likeness (QED) is 0.791. The third-order valence-electron chi connectivity index (χ3n) is 3.42. The van der Waals surface area contributed by atoms with Crippen LogP contribution >= 0.6 is 39.1 Å². The van der Waals surface area contributed by atoms with Gasteiger partial charge in [0.05, 0.1) is 0 Å². The Hall–Kier alpha value is -0.580. The van der Waals surface area contributed by atoms with Gasteiger partial charge >= 0.3 is 0 Å². The molecule has 2 aromatic rings. The Labute approximate surface area is 144 Å². The number of halogens is 3. The molecule has 2 nitrogen and oxygen atoms in total. The lowest BCUT2D eigenvalue weighted by atomic mass is 10.0. The standard InChI is InChI=1S/C16H17BrCl2N2/c1-21(10-11-2-4-12(17)5-3-11)16(9-20)14-7-6-13(18)8-15(14)19/h2-8,16H,9-10,20H2,1H3. The molecule has 0 saturated heterocycles. The van der Waals surface area contributed by atoms with Gasteiger partial charge in [0.1, 0.15) is 0 Å². The molecule has 1 atom stereocenters. The zero-order chi connectivity index (χ0) is 15.4. The highest BCUT2D eigenvalue weighted by Gasteiger charge is 2.18. The van der Waals surface area contributed by atoms with Crippen LogP contribution in [-0.2, 0) is 6.54 Å². The molecule has 112 valence electrons. The summed E-state index contributed by atoms with van der Waals surface area (Å²) in [4.78, 5) is 2.19. The van der Waals surface area contributed by atoms with Crippen molar-refractivity contribution in [3.8, 4) is 0 Å². The normalized spacial score (nSPS) is 12.7. The van der Waals surface area contributed by atoms with Crippen LogP contribution in [0.1, 0.15) is 17.2 Å². The lowest BCUT2D eigenvalue weighted by Crippen LogP contribution is -2.30. The maximum Gasteiger partial charge on any atom is 0.0485 e. The summed E-state index contributed by atoms with van der Waals surface area (Å²) in [7, 11) is 2.05. The highest BCUT2D eigenvalue weighted by atomic mass is 79.9. The maximum atomic E-state index is 6.30. The third-order valence-corrected chi connectivity index (χ3v) is 4.51. The molecule has 0 saturated carbocycles. The van der Waals surface area contributed by atoms with E-state index in [-0.39, 0.29) is 6.04 Å². The SMILES string of the molecule is CN(Cc1ccc(Br)cc1)C(CN)c1ccc(Cl)cc1Cl. The van der Waals surface area contributed by atoms with Crippen molar-refractivity contribution in [2.75, 3.05) is 13.6 Å². The number of hydrogen-bond acceptors (Lipinski definition) is 2. The monoisotopic (exact) mass is 386 g/mol. The Morgan fingerprint density at radius 2 is 1.81 bits per heavy atom. The molecule has 2 aromatic carbocycles. The fourth-order valence-electron chi connectivity index (χ4n) is 2.30. The van der Waals surface area contributed by atoms with Crippen molar-refractivity contribution in [1.82, 2.24) is 4.90 Å². The van der Waals surface area contributed by atoms with E-state index in [4.69, 9.17) is 28.9 Å². The Kier molecular flexibility index (Phi) is 6.08. The van der Waals surface area contributed by atoms with E-state index in [1.807, 2.05) is 31.3 Å². The van der Waals surface area contributed by atoms with Gasteiger partial charge in [-0.2, -0.15) is 0 Å². The van der Waals surface area contributed by atoms with Crippen molar-refractivity contribution in [2.45, 2.75) is 12.6 Å². The molecule has 0 aliphatic heterocycles. The zero-order valence-corrected chi connectivity index (χ0v) is 14.8. The first-order valence-electron chi connectivity index (χ1n) is 6.61. The van der Waals surface area contributed by atoms with Gasteiger partial charge in [-0.15, -0.1) is 0 Å². The predicted molar refractivity (Wildman–Crippen MR) is 93.9 cm³/mol. The second-order valence-corrected chi connectivity index (χ2v) is 6.72. The minimum absolute atomic E-state index is 0.0541. The van der Waals surface area contributed by atoms with E-state index < -0.39 is 0 Å².